The van der Waals surface area contributed by atoms with Gasteiger partial charge in [0.15, 0.2) is 0 Å². The van der Waals surface area contributed by atoms with E-state index < -0.39 is 0 Å². The van der Waals surface area contributed by atoms with E-state index >= 15 is 0 Å². The summed E-state index contributed by atoms with van der Waals surface area (Å²) >= 11 is 0. The molecule has 2 aromatic carbocycles. The molecule has 0 radical (unpaired) electrons. The van der Waals surface area contributed by atoms with Crippen LogP contribution in [0.15, 0.2) is 48.5 Å². The number of nitrogens with zero attached hydrogens (tertiary/aromatic N) is 1. The highest BCUT2D eigenvalue weighted by molar-refractivity contribution is 5.38. The van der Waals surface area contributed by atoms with Gasteiger partial charge in [-0.2, -0.15) is 0 Å². The Bertz CT molecular complexity index is 563. The maximum absolute atomic E-state index is 3.24. The zero-order valence-electron chi connectivity index (χ0n) is 13.6. The second-order valence-electron chi connectivity index (χ2n) is 5.76. The van der Waals surface area contributed by atoms with E-state index in [1.165, 1.54) is 22.3 Å². The first-order valence-electron chi connectivity index (χ1n) is 7.60. The van der Waals surface area contributed by atoms with Gasteiger partial charge in [-0.3, -0.25) is 4.90 Å². The number of hydrogen-bond donors (Lipinski definition) is 1. The molecular formula is C19H26N2. The van der Waals surface area contributed by atoms with Crippen LogP contribution in [0.1, 0.15) is 28.3 Å². The summed E-state index contributed by atoms with van der Waals surface area (Å²) in [5.74, 6) is 0. The van der Waals surface area contributed by atoms with Crippen molar-refractivity contribution in [2.24, 2.45) is 0 Å². The quantitative estimate of drug-likeness (QED) is 0.871. The van der Waals surface area contributed by atoms with E-state index in [2.05, 4.69) is 79.6 Å². The van der Waals surface area contributed by atoms with Gasteiger partial charge in [0.2, 0.25) is 0 Å². The first kappa shape index (κ1) is 15.7. The zero-order valence-corrected chi connectivity index (χ0v) is 13.6. The fourth-order valence-electron chi connectivity index (χ4n) is 2.86. The predicted molar refractivity (Wildman–Crippen MR) is 90.8 cm³/mol. The van der Waals surface area contributed by atoms with Gasteiger partial charge in [0.1, 0.15) is 0 Å². The van der Waals surface area contributed by atoms with E-state index in [4.69, 9.17) is 0 Å². The van der Waals surface area contributed by atoms with Crippen LogP contribution in [0.4, 0.5) is 0 Å². The van der Waals surface area contributed by atoms with Crippen molar-refractivity contribution in [1.29, 1.82) is 0 Å². The van der Waals surface area contributed by atoms with Crippen molar-refractivity contribution < 1.29 is 0 Å². The highest BCUT2D eigenvalue weighted by atomic mass is 15.1. The van der Waals surface area contributed by atoms with Gasteiger partial charge in [-0.1, -0.05) is 54.1 Å². The number of likely N-dealkylation sites (N-methyl/N-ethyl adjacent to an activating group) is 2. The molecule has 0 aliphatic heterocycles. The standard InChI is InChI=1S/C19H26N2/c1-15-10-11-18(16(2)14-15)19(21(4)13-12-20-3)17-8-6-5-7-9-17/h5-11,14,19-20H,12-13H2,1-4H3. The first-order valence-corrected chi connectivity index (χ1v) is 7.60. The largest absolute Gasteiger partial charge is 0.318 e. The van der Waals surface area contributed by atoms with Crippen molar-refractivity contribution in [2.75, 3.05) is 27.2 Å². The van der Waals surface area contributed by atoms with Crippen molar-refractivity contribution >= 4 is 0 Å². The molecule has 112 valence electrons. The lowest BCUT2D eigenvalue weighted by Crippen LogP contribution is -2.32. The third-order valence-corrected chi connectivity index (χ3v) is 3.99. The van der Waals surface area contributed by atoms with E-state index in [1.54, 1.807) is 0 Å². The molecule has 0 aliphatic carbocycles. The number of aryl methyl sites for hydroxylation is 2. The lowest BCUT2D eigenvalue weighted by atomic mass is 9.93. The maximum Gasteiger partial charge on any atom is 0.0602 e. The SMILES string of the molecule is CNCCN(C)C(c1ccccc1)c1ccc(C)cc1C. The number of hydrogen-bond acceptors (Lipinski definition) is 2. The molecule has 21 heavy (non-hydrogen) atoms. The smallest absolute Gasteiger partial charge is 0.0602 e. The van der Waals surface area contributed by atoms with E-state index in [-0.39, 0.29) is 0 Å². The van der Waals surface area contributed by atoms with Gasteiger partial charge >= 0.3 is 0 Å². The van der Waals surface area contributed by atoms with Gasteiger partial charge < -0.3 is 5.32 Å². The topological polar surface area (TPSA) is 15.3 Å². The Morgan fingerprint density at radius 2 is 1.76 bits per heavy atom. The number of benzene rings is 2. The van der Waals surface area contributed by atoms with Crippen LogP contribution >= 0.6 is 0 Å². The fourth-order valence-corrected chi connectivity index (χ4v) is 2.86. The average molecular weight is 282 g/mol. The Morgan fingerprint density at radius 3 is 2.38 bits per heavy atom. The van der Waals surface area contributed by atoms with E-state index in [9.17, 15) is 0 Å². The molecule has 1 unspecified atom stereocenters. The Balaban J connectivity index is 2.40. The summed E-state index contributed by atoms with van der Waals surface area (Å²) in [6.45, 7) is 6.37. The molecular weight excluding hydrogens is 256 g/mol. The predicted octanol–water partition coefficient (Wildman–Crippen LogP) is 3.54. The summed E-state index contributed by atoms with van der Waals surface area (Å²) in [6.07, 6.45) is 0. The summed E-state index contributed by atoms with van der Waals surface area (Å²) in [6, 6.07) is 17.8. The van der Waals surface area contributed by atoms with Crippen LogP contribution in [-0.2, 0) is 0 Å². The lowest BCUT2D eigenvalue weighted by molar-refractivity contribution is 0.280. The first-order chi connectivity index (χ1) is 10.1. The molecule has 0 fully saturated rings. The van der Waals surface area contributed by atoms with Crippen molar-refractivity contribution in [1.82, 2.24) is 10.2 Å². The van der Waals surface area contributed by atoms with Crippen LogP contribution in [0.5, 0.6) is 0 Å². The molecule has 0 spiro atoms. The molecule has 0 saturated carbocycles. The average Bonchev–Trinajstić information content (AvgIpc) is 2.49. The maximum atomic E-state index is 3.24. The van der Waals surface area contributed by atoms with Crippen LogP contribution in [0.25, 0.3) is 0 Å². The molecule has 1 N–H and O–H groups in total. The minimum atomic E-state index is 0.306. The molecule has 1 atom stereocenters. The van der Waals surface area contributed by atoms with Crippen molar-refractivity contribution in [3.8, 4) is 0 Å². The molecule has 0 heterocycles. The summed E-state index contributed by atoms with van der Waals surface area (Å²) < 4.78 is 0. The zero-order chi connectivity index (χ0) is 15.2. The van der Waals surface area contributed by atoms with Gasteiger partial charge in [0, 0.05) is 13.1 Å². The van der Waals surface area contributed by atoms with Crippen molar-refractivity contribution in [2.45, 2.75) is 19.9 Å². The second kappa shape index (κ2) is 7.39. The highest BCUT2D eigenvalue weighted by Gasteiger charge is 2.20. The molecule has 2 heteroatoms. The summed E-state index contributed by atoms with van der Waals surface area (Å²) in [5.41, 5.74) is 5.43. The molecule has 2 aromatic rings. The van der Waals surface area contributed by atoms with E-state index in [1.807, 2.05) is 7.05 Å². The molecule has 0 bridgehead atoms. The van der Waals surface area contributed by atoms with Gasteiger partial charge in [-0.25, -0.2) is 0 Å². The number of rotatable bonds is 6. The third kappa shape index (κ3) is 3.93. The van der Waals surface area contributed by atoms with E-state index in [0.717, 1.165) is 13.1 Å². The van der Waals surface area contributed by atoms with Gasteiger partial charge in [-0.15, -0.1) is 0 Å². The van der Waals surface area contributed by atoms with Crippen molar-refractivity contribution in [3.05, 3.63) is 70.8 Å². The summed E-state index contributed by atoms with van der Waals surface area (Å²) in [7, 11) is 4.21. The summed E-state index contributed by atoms with van der Waals surface area (Å²) in [4.78, 5) is 2.42. The summed E-state index contributed by atoms with van der Waals surface area (Å²) in [5, 5.41) is 3.24. The lowest BCUT2D eigenvalue weighted by Gasteiger charge is -2.30. The van der Waals surface area contributed by atoms with Crippen LogP contribution in [0.3, 0.4) is 0 Å². The molecule has 2 nitrogen and oxygen atoms in total. The number of nitrogens with one attached hydrogen (secondary N) is 1. The monoisotopic (exact) mass is 282 g/mol. The van der Waals surface area contributed by atoms with Gasteiger partial charge in [0.05, 0.1) is 6.04 Å². The Kier molecular flexibility index (Phi) is 5.54. The van der Waals surface area contributed by atoms with Crippen molar-refractivity contribution in [3.63, 3.8) is 0 Å². The molecule has 2 rings (SSSR count). The van der Waals surface area contributed by atoms with Gasteiger partial charge in [0.25, 0.3) is 0 Å². The van der Waals surface area contributed by atoms with Crippen LogP contribution in [-0.4, -0.2) is 32.1 Å². The van der Waals surface area contributed by atoms with Crippen LogP contribution in [0.2, 0.25) is 0 Å². The highest BCUT2D eigenvalue weighted by Crippen LogP contribution is 2.30. The fraction of sp³-hybridized carbons (Fsp3) is 0.368. The Hall–Kier alpha value is -1.64. The van der Waals surface area contributed by atoms with Gasteiger partial charge in [-0.05, 0) is 44.6 Å². The van der Waals surface area contributed by atoms with Crippen LogP contribution in [0, 0.1) is 13.8 Å². The minimum Gasteiger partial charge on any atom is -0.318 e. The molecule has 0 saturated heterocycles. The Morgan fingerprint density at radius 1 is 1.05 bits per heavy atom. The van der Waals surface area contributed by atoms with Crippen LogP contribution < -0.4 is 5.32 Å². The minimum absolute atomic E-state index is 0.306. The molecule has 0 amide bonds. The Labute approximate surface area is 128 Å². The molecule has 0 aliphatic rings. The van der Waals surface area contributed by atoms with E-state index in [0.29, 0.717) is 6.04 Å². The second-order valence-corrected chi connectivity index (χ2v) is 5.76. The third-order valence-electron chi connectivity index (χ3n) is 3.99. The molecule has 0 aromatic heterocycles. The normalized spacial score (nSPS) is 12.6.